The molecule has 1 fully saturated rings. The molecule has 2 aromatic rings. The van der Waals surface area contributed by atoms with Crippen LogP contribution in [0.3, 0.4) is 0 Å². The molecule has 5 heteroatoms. The van der Waals surface area contributed by atoms with Crippen molar-refractivity contribution in [2.75, 3.05) is 0 Å². The van der Waals surface area contributed by atoms with Crippen molar-refractivity contribution in [3.63, 3.8) is 0 Å². The molecule has 1 saturated carbocycles. The van der Waals surface area contributed by atoms with E-state index in [9.17, 15) is 0 Å². The molecule has 3 rings (SSSR count). The minimum Gasteiger partial charge on any atom is -0.217 e. The van der Waals surface area contributed by atoms with Gasteiger partial charge in [0.2, 0.25) is 5.16 Å². The zero-order valence-corrected chi connectivity index (χ0v) is 11.0. The summed E-state index contributed by atoms with van der Waals surface area (Å²) in [6.45, 7) is 0. The van der Waals surface area contributed by atoms with E-state index in [1.54, 1.807) is 11.8 Å². The van der Waals surface area contributed by atoms with Gasteiger partial charge >= 0.3 is 0 Å². The zero-order chi connectivity index (χ0) is 12.2. The Morgan fingerprint density at radius 2 is 1.94 bits per heavy atom. The van der Waals surface area contributed by atoms with E-state index in [4.69, 9.17) is 0 Å². The molecule has 0 atom stereocenters. The highest BCUT2D eigenvalue weighted by Gasteiger charge is 2.21. The number of hydrogen-bond acceptors (Lipinski definition) is 4. The standard InChI is InChI=1S/C13H16N4S/c1-2-6-11(7-3-1)10-18-13-14-15-16-17(13)12-8-4-5-9-12/h1-3,6-7,12H,4-5,8-10H2. The molecule has 4 nitrogen and oxygen atoms in total. The fourth-order valence-corrected chi connectivity index (χ4v) is 3.28. The van der Waals surface area contributed by atoms with Crippen LogP contribution >= 0.6 is 11.8 Å². The maximum Gasteiger partial charge on any atom is 0.209 e. The van der Waals surface area contributed by atoms with Crippen LogP contribution in [0, 0.1) is 0 Å². The van der Waals surface area contributed by atoms with Crippen LogP contribution < -0.4 is 0 Å². The van der Waals surface area contributed by atoms with E-state index in [0.717, 1.165) is 10.9 Å². The van der Waals surface area contributed by atoms with E-state index < -0.39 is 0 Å². The number of benzene rings is 1. The number of nitrogens with zero attached hydrogens (tertiary/aromatic N) is 4. The highest BCUT2D eigenvalue weighted by atomic mass is 32.2. The molecule has 1 aromatic carbocycles. The van der Waals surface area contributed by atoms with E-state index >= 15 is 0 Å². The van der Waals surface area contributed by atoms with Crippen molar-refractivity contribution in [3.8, 4) is 0 Å². The second kappa shape index (κ2) is 5.52. The number of tetrazole rings is 1. The Morgan fingerprint density at radius 3 is 2.72 bits per heavy atom. The molecule has 18 heavy (non-hydrogen) atoms. The lowest BCUT2D eigenvalue weighted by molar-refractivity contribution is 0.423. The molecule has 1 heterocycles. The van der Waals surface area contributed by atoms with Gasteiger partial charge in [-0.3, -0.25) is 0 Å². The number of hydrogen-bond donors (Lipinski definition) is 0. The van der Waals surface area contributed by atoms with Gasteiger partial charge in [0.25, 0.3) is 0 Å². The maximum atomic E-state index is 4.15. The van der Waals surface area contributed by atoms with Gasteiger partial charge in [-0.2, -0.15) is 0 Å². The van der Waals surface area contributed by atoms with Crippen LogP contribution in [0.1, 0.15) is 37.3 Å². The van der Waals surface area contributed by atoms with Crippen molar-refractivity contribution in [2.24, 2.45) is 0 Å². The van der Waals surface area contributed by atoms with Crippen LogP contribution in [0.4, 0.5) is 0 Å². The molecule has 0 N–H and O–H groups in total. The summed E-state index contributed by atoms with van der Waals surface area (Å²) in [5.74, 6) is 0.925. The number of aromatic nitrogens is 4. The normalized spacial score (nSPS) is 16.2. The third-order valence-electron chi connectivity index (χ3n) is 3.34. The van der Waals surface area contributed by atoms with Crippen LogP contribution in [-0.4, -0.2) is 20.2 Å². The van der Waals surface area contributed by atoms with Crippen molar-refractivity contribution in [1.29, 1.82) is 0 Å². The molecule has 0 radical (unpaired) electrons. The third kappa shape index (κ3) is 2.56. The average Bonchev–Trinajstić information content (AvgIpc) is 3.08. The Bertz CT molecular complexity index is 491. The summed E-state index contributed by atoms with van der Waals surface area (Å²) in [4.78, 5) is 0. The minimum absolute atomic E-state index is 0.512. The van der Waals surface area contributed by atoms with Gasteiger partial charge in [0.15, 0.2) is 0 Å². The van der Waals surface area contributed by atoms with Gasteiger partial charge in [0, 0.05) is 5.75 Å². The molecule has 0 bridgehead atoms. The van der Waals surface area contributed by atoms with Crippen molar-refractivity contribution in [1.82, 2.24) is 20.2 Å². The highest BCUT2D eigenvalue weighted by Crippen LogP contribution is 2.32. The van der Waals surface area contributed by atoms with Gasteiger partial charge in [0.05, 0.1) is 6.04 Å². The van der Waals surface area contributed by atoms with Crippen molar-refractivity contribution in [3.05, 3.63) is 35.9 Å². The molecule has 0 spiro atoms. The first-order valence-corrected chi connectivity index (χ1v) is 7.36. The van der Waals surface area contributed by atoms with Gasteiger partial charge in [-0.15, -0.1) is 5.10 Å². The van der Waals surface area contributed by atoms with E-state index in [1.807, 2.05) is 10.7 Å². The predicted molar refractivity (Wildman–Crippen MR) is 71.3 cm³/mol. The summed E-state index contributed by atoms with van der Waals surface area (Å²) >= 11 is 1.72. The first kappa shape index (κ1) is 11.7. The number of thioether (sulfide) groups is 1. The van der Waals surface area contributed by atoms with E-state index in [1.165, 1.54) is 31.2 Å². The maximum absolute atomic E-state index is 4.15. The lowest BCUT2D eigenvalue weighted by Gasteiger charge is -2.10. The van der Waals surface area contributed by atoms with Crippen LogP contribution in [0.5, 0.6) is 0 Å². The summed E-state index contributed by atoms with van der Waals surface area (Å²) in [5.41, 5.74) is 1.31. The van der Waals surface area contributed by atoms with Crippen molar-refractivity contribution >= 4 is 11.8 Å². The smallest absolute Gasteiger partial charge is 0.209 e. The lowest BCUT2D eigenvalue weighted by Crippen LogP contribution is -2.08. The Morgan fingerprint density at radius 1 is 1.17 bits per heavy atom. The van der Waals surface area contributed by atoms with Crippen LogP contribution in [0.15, 0.2) is 35.5 Å². The first-order chi connectivity index (χ1) is 8.93. The third-order valence-corrected chi connectivity index (χ3v) is 4.35. The molecule has 1 aliphatic carbocycles. The minimum atomic E-state index is 0.512. The molecule has 0 aliphatic heterocycles. The molecule has 1 aliphatic rings. The van der Waals surface area contributed by atoms with Gasteiger partial charge in [0.1, 0.15) is 0 Å². The SMILES string of the molecule is c1ccc(CSc2nnnn2C2CCCC2)cc1. The summed E-state index contributed by atoms with van der Waals surface area (Å²) in [7, 11) is 0. The van der Waals surface area contributed by atoms with E-state index in [-0.39, 0.29) is 0 Å². The molecule has 0 amide bonds. The van der Waals surface area contributed by atoms with E-state index in [0.29, 0.717) is 6.04 Å². The van der Waals surface area contributed by atoms with Gasteiger partial charge in [-0.1, -0.05) is 54.9 Å². The zero-order valence-electron chi connectivity index (χ0n) is 10.2. The summed E-state index contributed by atoms with van der Waals surface area (Å²) in [5, 5.41) is 13.1. The fraction of sp³-hybridized carbons (Fsp3) is 0.462. The Kier molecular flexibility index (Phi) is 3.59. The average molecular weight is 260 g/mol. The predicted octanol–water partition coefficient (Wildman–Crippen LogP) is 3.08. The number of rotatable bonds is 4. The quantitative estimate of drug-likeness (QED) is 0.792. The first-order valence-electron chi connectivity index (χ1n) is 6.38. The van der Waals surface area contributed by atoms with Crippen molar-refractivity contribution in [2.45, 2.75) is 42.6 Å². The molecular weight excluding hydrogens is 244 g/mol. The Labute approximate surface area is 111 Å². The van der Waals surface area contributed by atoms with E-state index in [2.05, 4.69) is 39.8 Å². The van der Waals surface area contributed by atoms with Gasteiger partial charge < -0.3 is 0 Å². The Hall–Kier alpha value is -1.36. The highest BCUT2D eigenvalue weighted by molar-refractivity contribution is 7.98. The van der Waals surface area contributed by atoms with Gasteiger partial charge in [-0.25, -0.2) is 4.68 Å². The summed E-state index contributed by atoms with van der Waals surface area (Å²) in [6, 6.07) is 11.0. The largest absolute Gasteiger partial charge is 0.217 e. The summed E-state index contributed by atoms with van der Waals surface area (Å²) in [6.07, 6.45) is 5.02. The van der Waals surface area contributed by atoms with Crippen LogP contribution in [0.25, 0.3) is 0 Å². The lowest BCUT2D eigenvalue weighted by atomic mass is 10.2. The fourth-order valence-electron chi connectivity index (χ4n) is 2.38. The second-order valence-electron chi connectivity index (χ2n) is 4.62. The molecule has 1 aromatic heterocycles. The second-order valence-corrected chi connectivity index (χ2v) is 5.56. The summed E-state index contributed by atoms with van der Waals surface area (Å²) < 4.78 is 2.01. The van der Waals surface area contributed by atoms with Crippen molar-refractivity contribution < 1.29 is 0 Å². The Balaban J connectivity index is 1.68. The van der Waals surface area contributed by atoms with Crippen LogP contribution in [-0.2, 0) is 5.75 Å². The topological polar surface area (TPSA) is 43.6 Å². The monoisotopic (exact) mass is 260 g/mol. The van der Waals surface area contributed by atoms with Crippen LogP contribution in [0.2, 0.25) is 0 Å². The molecular formula is C13H16N4S. The van der Waals surface area contributed by atoms with Gasteiger partial charge in [-0.05, 0) is 28.8 Å². The molecule has 0 unspecified atom stereocenters. The molecule has 94 valence electrons. The molecule has 0 saturated heterocycles.